The summed E-state index contributed by atoms with van der Waals surface area (Å²) in [6.45, 7) is 7.17. The van der Waals surface area contributed by atoms with Gasteiger partial charge >= 0.3 is 6.03 Å². The largest absolute Gasteiger partial charge is 0.493 e. The second kappa shape index (κ2) is 8.38. The molecule has 2 atom stereocenters. The minimum atomic E-state index is -0.0799. The van der Waals surface area contributed by atoms with Gasteiger partial charge in [0.15, 0.2) is 0 Å². The van der Waals surface area contributed by atoms with Crippen molar-refractivity contribution < 1.29 is 9.53 Å². The molecular formula is C19H29N3O2. The summed E-state index contributed by atoms with van der Waals surface area (Å²) in [4.78, 5) is 14.7. The van der Waals surface area contributed by atoms with Crippen LogP contribution in [0.3, 0.4) is 0 Å². The number of urea groups is 1. The van der Waals surface area contributed by atoms with E-state index >= 15 is 0 Å². The van der Waals surface area contributed by atoms with Crippen molar-refractivity contribution in [1.82, 2.24) is 15.5 Å². The Balaban J connectivity index is 1.37. The minimum absolute atomic E-state index is 0.0397. The first-order valence-electron chi connectivity index (χ1n) is 9.21. The van der Waals surface area contributed by atoms with E-state index in [9.17, 15) is 4.79 Å². The summed E-state index contributed by atoms with van der Waals surface area (Å²) in [7, 11) is 0. The zero-order chi connectivity index (χ0) is 16.8. The van der Waals surface area contributed by atoms with E-state index in [1.807, 2.05) is 24.3 Å². The second-order valence-electron chi connectivity index (χ2n) is 7.03. The van der Waals surface area contributed by atoms with Gasteiger partial charge in [-0.15, -0.1) is 0 Å². The minimum Gasteiger partial charge on any atom is -0.493 e. The number of nitrogens with zero attached hydrogens (tertiary/aromatic N) is 1. The molecule has 1 aromatic carbocycles. The molecule has 1 aromatic rings. The quantitative estimate of drug-likeness (QED) is 0.816. The maximum absolute atomic E-state index is 12.1. The van der Waals surface area contributed by atoms with Crippen molar-refractivity contribution in [2.45, 2.75) is 38.6 Å². The molecule has 0 radical (unpaired) electrons. The Kier molecular flexibility index (Phi) is 5.96. The predicted octanol–water partition coefficient (Wildman–Crippen LogP) is 2.93. The first-order chi connectivity index (χ1) is 11.7. The molecule has 2 heterocycles. The Morgan fingerprint density at radius 2 is 2.21 bits per heavy atom. The molecule has 1 saturated heterocycles. The highest BCUT2D eigenvalue weighted by atomic mass is 16.5. The number of hydrogen-bond acceptors (Lipinski definition) is 3. The number of nitrogens with one attached hydrogen (secondary N) is 2. The van der Waals surface area contributed by atoms with Crippen molar-refractivity contribution in [1.29, 1.82) is 0 Å². The molecule has 24 heavy (non-hydrogen) atoms. The van der Waals surface area contributed by atoms with Gasteiger partial charge in [0, 0.05) is 25.1 Å². The average molecular weight is 331 g/mol. The molecule has 2 aliphatic rings. The number of carbonyl (C=O) groups is 1. The van der Waals surface area contributed by atoms with Gasteiger partial charge in [0.1, 0.15) is 5.75 Å². The predicted molar refractivity (Wildman–Crippen MR) is 95.3 cm³/mol. The van der Waals surface area contributed by atoms with Crippen LogP contribution in [0.2, 0.25) is 0 Å². The molecule has 0 aliphatic carbocycles. The van der Waals surface area contributed by atoms with Crippen molar-refractivity contribution in [3.8, 4) is 5.75 Å². The van der Waals surface area contributed by atoms with Crippen molar-refractivity contribution in [2.24, 2.45) is 5.92 Å². The summed E-state index contributed by atoms with van der Waals surface area (Å²) in [5.41, 5.74) is 1.07. The molecule has 0 aromatic heterocycles. The van der Waals surface area contributed by atoms with Crippen LogP contribution in [0.15, 0.2) is 24.3 Å². The molecule has 2 unspecified atom stereocenters. The number of amides is 2. The maximum Gasteiger partial charge on any atom is 0.315 e. The second-order valence-corrected chi connectivity index (χ2v) is 7.03. The number of piperidine rings is 1. The van der Waals surface area contributed by atoms with E-state index in [4.69, 9.17) is 4.74 Å². The topological polar surface area (TPSA) is 53.6 Å². The molecule has 2 aliphatic heterocycles. The number of fused-ring (bicyclic) bond motifs is 1. The van der Waals surface area contributed by atoms with Gasteiger partial charge in [-0.25, -0.2) is 4.79 Å². The Morgan fingerprint density at radius 1 is 1.33 bits per heavy atom. The van der Waals surface area contributed by atoms with Gasteiger partial charge in [-0.1, -0.05) is 25.1 Å². The highest BCUT2D eigenvalue weighted by molar-refractivity contribution is 5.74. The van der Waals surface area contributed by atoms with E-state index in [1.165, 1.54) is 25.9 Å². The zero-order valence-electron chi connectivity index (χ0n) is 14.6. The van der Waals surface area contributed by atoms with Crippen LogP contribution in [0.4, 0.5) is 4.79 Å². The zero-order valence-corrected chi connectivity index (χ0v) is 14.6. The SMILES string of the molecule is CC1CCCN(CCCNC(=O)NC2CCOc3ccccc32)C1. The molecule has 0 bridgehead atoms. The summed E-state index contributed by atoms with van der Waals surface area (Å²) in [5, 5.41) is 6.07. The number of rotatable bonds is 5. The average Bonchev–Trinajstić information content (AvgIpc) is 2.59. The smallest absolute Gasteiger partial charge is 0.315 e. The van der Waals surface area contributed by atoms with Crippen LogP contribution >= 0.6 is 0 Å². The lowest BCUT2D eigenvalue weighted by atomic mass is 10.0. The van der Waals surface area contributed by atoms with Crippen molar-refractivity contribution in [3.63, 3.8) is 0 Å². The van der Waals surface area contributed by atoms with Crippen LogP contribution in [-0.2, 0) is 0 Å². The molecule has 5 nitrogen and oxygen atoms in total. The normalized spacial score (nSPS) is 23.9. The van der Waals surface area contributed by atoms with E-state index in [2.05, 4.69) is 22.5 Å². The molecule has 2 amide bonds. The van der Waals surface area contributed by atoms with Crippen molar-refractivity contribution in [2.75, 3.05) is 32.8 Å². The molecule has 3 rings (SSSR count). The van der Waals surface area contributed by atoms with Crippen LogP contribution in [0.25, 0.3) is 0 Å². The molecule has 5 heteroatoms. The van der Waals surface area contributed by atoms with Crippen molar-refractivity contribution >= 4 is 6.03 Å². The van der Waals surface area contributed by atoms with Crippen LogP contribution in [0, 0.1) is 5.92 Å². The lowest BCUT2D eigenvalue weighted by molar-refractivity contribution is 0.181. The van der Waals surface area contributed by atoms with E-state index < -0.39 is 0 Å². The summed E-state index contributed by atoms with van der Waals surface area (Å²) in [5.74, 6) is 1.69. The van der Waals surface area contributed by atoms with Crippen LogP contribution in [0.5, 0.6) is 5.75 Å². The first kappa shape index (κ1) is 17.1. The number of hydrogen-bond donors (Lipinski definition) is 2. The van der Waals surface area contributed by atoms with Gasteiger partial charge in [0.05, 0.1) is 12.6 Å². The Morgan fingerprint density at radius 3 is 3.08 bits per heavy atom. The highest BCUT2D eigenvalue weighted by Gasteiger charge is 2.22. The van der Waals surface area contributed by atoms with Gasteiger partial charge in [0.2, 0.25) is 0 Å². The van der Waals surface area contributed by atoms with Crippen molar-refractivity contribution in [3.05, 3.63) is 29.8 Å². The van der Waals surface area contributed by atoms with Gasteiger partial charge in [-0.05, 0) is 44.3 Å². The van der Waals surface area contributed by atoms with Gasteiger partial charge in [-0.3, -0.25) is 0 Å². The van der Waals surface area contributed by atoms with E-state index in [0.717, 1.165) is 43.2 Å². The highest BCUT2D eigenvalue weighted by Crippen LogP contribution is 2.31. The fourth-order valence-corrected chi connectivity index (χ4v) is 3.70. The van der Waals surface area contributed by atoms with E-state index in [1.54, 1.807) is 0 Å². The monoisotopic (exact) mass is 331 g/mol. The third-order valence-corrected chi connectivity index (χ3v) is 4.94. The number of carbonyl (C=O) groups excluding carboxylic acids is 1. The third kappa shape index (κ3) is 4.63. The molecule has 0 saturated carbocycles. The van der Waals surface area contributed by atoms with E-state index in [0.29, 0.717) is 6.61 Å². The van der Waals surface area contributed by atoms with Gasteiger partial charge in [-0.2, -0.15) is 0 Å². The van der Waals surface area contributed by atoms with E-state index in [-0.39, 0.29) is 12.1 Å². The number of benzene rings is 1. The first-order valence-corrected chi connectivity index (χ1v) is 9.21. The lowest BCUT2D eigenvalue weighted by Gasteiger charge is -2.30. The van der Waals surface area contributed by atoms with Gasteiger partial charge in [0.25, 0.3) is 0 Å². The standard InChI is InChI=1S/C19H29N3O2/c1-15-6-4-11-22(14-15)12-5-10-20-19(23)21-17-9-13-24-18-8-3-2-7-16(17)18/h2-3,7-8,15,17H,4-6,9-14H2,1H3,(H2,20,21,23). The summed E-state index contributed by atoms with van der Waals surface area (Å²) in [6.07, 6.45) is 4.47. The fourth-order valence-electron chi connectivity index (χ4n) is 3.70. The van der Waals surface area contributed by atoms with Crippen LogP contribution in [0.1, 0.15) is 44.2 Å². The number of ether oxygens (including phenoxy) is 1. The summed E-state index contributed by atoms with van der Waals surface area (Å²) < 4.78 is 5.63. The molecule has 2 N–H and O–H groups in total. The molecule has 132 valence electrons. The van der Waals surface area contributed by atoms with Gasteiger partial charge < -0.3 is 20.3 Å². The summed E-state index contributed by atoms with van der Waals surface area (Å²) >= 11 is 0. The lowest BCUT2D eigenvalue weighted by Crippen LogP contribution is -2.41. The number of para-hydroxylation sites is 1. The maximum atomic E-state index is 12.1. The summed E-state index contributed by atoms with van der Waals surface area (Å²) in [6, 6.07) is 7.89. The Labute approximate surface area is 144 Å². The third-order valence-electron chi connectivity index (χ3n) is 4.94. The Hall–Kier alpha value is -1.75. The fraction of sp³-hybridized carbons (Fsp3) is 0.632. The molecule has 0 spiro atoms. The molecular weight excluding hydrogens is 302 g/mol. The Bertz CT molecular complexity index is 549. The van der Waals surface area contributed by atoms with Crippen LogP contribution in [-0.4, -0.2) is 43.7 Å². The molecule has 1 fully saturated rings. The number of likely N-dealkylation sites (tertiary alicyclic amines) is 1. The van der Waals surface area contributed by atoms with Crippen LogP contribution < -0.4 is 15.4 Å².